The summed E-state index contributed by atoms with van der Waals surface area (Å²) in [5.74, 6) is 0.374. The zero-order valence-corrected chi connectivity index (χ0v) is 11.3. The van der Waals surface area contributed by atoms with Crippen LogP contribution in [0.5, 0.6) is 0 Å². The van der Waals surface area contributed by atoms with Crippen LogP contribution in [0.3, 0.4) is 0 Å². The fourth-order valence-corrected chi connectivity index (χ4v) is 5.19. The van der Waals surface area contributed by atoms with Gasteiger partial charge in [-0.15, -0.1) is 0 Å². The third kappa shape index (κ3) is 2.98. The molecule has 1 aliphatic carbocycles. The zero-order chi connectivity index (χ0) is 12.2. The highest BCUT2D eigenvalue weighted by molar-refractivity contribution is 7.92. The topological polar surface area (TPSA) is 60.2 Å². The van der Waals surface area contributed by atoms with Crippen LogP contribution < -0.4 is 5.73 Å². The Morgan fingerprint density at radius 3 is 2.50 bits per heavy atom. The Balaban J connectivity index is 2.79. The Labute approximate surface area is 99.7 Å². The monoisotopic (exact) mass is 247 g/mol. The van der Waals surface area contributed by atoms with Crippen molar-refractivity contribution in [3.63, 3.8) is 0 Å². The minimum absolute atomic E-state index is 0.104. The van der Waals surface area contributed by atoms with Crippen LogP contribution in [0, 0.1) is 5.92 Å². The normalized spacial score (nSPS) is 28.9. The average Bonchev–Trinajstić information content (AvgIpc) is 2.29. The Kier molecular flexibility index (Phi) is 5.25. The Bertz CT molecular complexity index is 300. The molecule has 0 aromatic heterocycles. The third-order valence-corrected chi connectivity index (χ3v) is 6.74. The molecular weight excluding hydrogens is 222 g/mol. The number of nitrogens with two attached hydrogens (primary N) is 1. The maximum absolute atomic E-state index is 12.4. The van der Waals surface area contributed by atoms with Crippen molar-refractivity contribution in [3.05, 3.63) is 0 Å². The fourth-order valence-electron chi connectivity index (χ4n) is 2.77. The maximum Gasteiger partial charge on any atom is 0.156 e. The third-order valence-electron chi connectivity index (χ3n) is 3.92. The molecule has 16 heavy (non-hydrogen) atoms. The number of sulfone groups is 1. The van der Waals surface area contributed by atoms with Crippen LogP contribution in [0.4, 0.5) is 0 Å². The van der Waals surface area contributed by atoms with Gasteiger partial charge in [-0.25, -0.2) is 8.42 Å². The molecular formula is C12H25NO2S. The van der Waals surface area contributed by atoms with E-state index in [1.54, 1.807) is 0 Å². The van der Waals surface area contributed by atoms with E-state index in [0.717, 1.165) is 25.7 Å². The van der Waals surface area contributed by atoms with Gasteiger partial charge in [-0.05, 0) is 38.6 Å². The quantitative estimate of drug-likeness (QED) is 0.809. The highest BCUT2D eigenvalue weighted by atomic mass is 32.2. The first kappa shape index (κ1) is 14.0. The summed E-state index contributed by atoms with van der Waals surface area (Å²) in [5, 5.41) is -0.373. The minimum atomic E-state index is -2.97. The van der Waals surface area contributed by atoms with E-state index < -0.39 is 9.84 Å². The first-order chi connectivity index (χ1) is 7.54. The van der Waals surface area contributed by atoms with Gasteiger partial charge in [-0.3, -0.25) is 0 Å². The lowest BCUT2D eigenvalue weighted by atomic mass is 9.87. The molecule has 0 bridgehead atoms. The molecule has 0 aromatic carbocycles. The van der Waals surface area contributed by atoms with E-state index in [1.807, 2.05) is 6.92 Å². The van der Waals surface area contributed by atoms with Crippen molar-refractivity contribution < 1.29 is 8.42 Å². The molecule has 2 N–H and O–H groups in total. The van der Waals surface area contributed by atoms with Crippen molar-refractivity contribution in [1.29, 1.82) is 0 Å². The van der Waals surface area contributed by atoms with Gasteiger partial charge in [0.1, 0.15) is 0 Å². The molecule has 0 aromatic rings. The number of rotatable bonds is 5. The van der Waals surface area contributed by atoms with E-state index in [0.29, 0.717) is 18.9 Å². The summed E-state index contributed by atoms with van der Waals surface area (Å²) < 4.78 is 24.8. The Morgan fingerprint density at radius 1 is 1.31 bits per heavy atom. The van der Waals surface area contributed by atoms with Crippen molar-refractivity contribution in [1.82, 2.24) is 0 Å². The Morgan fingerprint density at radius 2 is 1.94 bits per heavy atom. The van der Waals surface area contributed by atoms with Gasteiger partial charge in [0, 0.05) is 0 Å². The second-order valence-corrected chi connectivity index (χ2v) is 7.56. The second kappa shape index (κ2) is 6.01. The first-order valence-electron chi connectivity index (χ1n) is 6.46. The summed E-state index contributed by atoms with van der Waals surface area (Å²) in [4.78, 5) is 0. The van der Waals surface area contributed by atoms with E-state index in [4.69, 9.17) is 5.73 Å². The van der Waals surface area contributed by atoms with Gasteiger partial charge in [0.25, 0.3) is 0 Å². The van der Waals surface area contributed by atoms with Crippen molar-refractivity contribution in [2.75, 3.05) is 6.54 Å². The molecule has 3 nitrogen and oxygen atoms in total. The van der Waals surface area contributed by atoms with Gasteiger partial charge in [0.15, 0.2) is 9.84 Å². The smallest absolute Gasteiger partial charge is 0.156 e. The Hall–Kier alpha value is -0.0900. The van der Waals surface area contributed by atoms with Crippen LogP contribution in [0.25, 0.3) is 0 Å². The standard InChI is InChI=1S/C12H25NO2S/c1-3-11-6-4-5-7-12(11)16(14,15)10(2)8-9-13/h10-12H,3-9,13H2,1-2H3. The second-order valence-electron chi connectivity index (χ2n) is 4.97. The van der Waals surface area contributed by atoms with E-state index in [2.05, 4.69) is 6.92 Å². The van der Waals surface area contributed by atoms with Gasteiger partial charge in [0.2, 0.25) is 0 Å². The average molecular weight is 247 g/mol. The molecule has 0 spiro atoms. The molecule has 1 saturated carbocycles. The molecule has 1 rings (SSSR count). The van der Waals surface area contributed by atoms with Crippen LogP contribution in [0.15, 0.2) is 0 Å². The highest BCUT2D eigenvalue weighted by Gasteiger charge is 2.37. The van der Waals surface area contributed by atoms with Crippen molar-refractivity contribution in [2.24, 2.45) is 11.7 Å². The summed E-state index contributed by atoms with van der Waals surface area (Å²) >= 11 is 0. The molecule has 4 heteroatoms. The lowest BCUT2D eigenvalue weighted by molar-refractivity contribution is 0.346. The fraction of sp³-hybridized carbons (Fsp3) is 1.00. The van der Waals surface area contributed by atoms with Gasteiger partial charge in [-0.1, -0.05) is 26.2 Å². The lowest BCUT2D eigenvalue weighted by Crippen LogP contribution is -2.38. The minimum Gasteiger partial charge on any atom is -0.330 e. The largest absolute Gasteiger partial charge is 0.330 e. The molecule has 96 valence electrons. The number of hydrogen-bond acceptors (Lipinski definition) is 3. The molecule has 3 atom stereocenters. The SMILES string of the molecule is CCC1CCCCC1S(=O)(=O)C(C)CCN. The molecule has 0 saturated heterocycles. The van der Waals surface area contributed by atoms with Crippen LogP contribution in [-0.4, -0.2) is 25.5 Å². The highest BCUT2D eigenvalue weighted by Crippen LogP contribution is 2.33. The van der Waals surface area contributed by atoms with Crippen LogP contribution in [0.2, 0.25) is 0 Å². The summed E-state index contributed by atoms with van der Waals surface area (Å²) in [6.45, 7) is 4.37. The van der Waals surface area contributed by atoms with Crippen LogP contribution in [0.1, 0.15) is 52.4 Å². The lowest BCUT2D eigenvalue weighted by Gasteiger charge is -2.32. The van der Waals surface area contributed by atoms with E-state index in [9.17, 15) is 8.42 Å². The first-order valence-corrected chi connectivity index (χ1v) is 8.07. The van der Waals surface area contributed by atoms with Crippen molar-refractivity contribution in [3.8, 4) is 0 Å². The summed E-state index contributed by atoms with van der Waals surface area (Å²) in [7, 11) is -2.97. The summed E-state index contributed by atoms with van der Waals surface area (Å²) in [5.41, 5.74) is 5.46. The van der Waals surface area contributed by atoms with Crippen LogP contribution >= 0.6 is 0 Å². The molecule has 0 aliphatic heterocycles. The maximum atomic E-state index is 12.4. The van der Waals surface area contributed by atoms with Crippen molar-refractivity contribution >= 4 is 9.84 Å². The van der Waals surface area contributed by atoms with E-state index in [1.165, 1.54) is 6.42 Å². The van der Waals surface area contributed by atoms with Gasteiger partial charge in [-0.2, -0.15) is 0 Å². The van der Waals surface area contributed by atoms with E-state index in [-0.39, 0.29) is 10.5 Å². The summed E-state index contributed by atoms with van der Waals surface area (Å²) in [6.07, 6.45) is 5.77. The molecule has 0 amide bonds. The van der Waals surface area contributed by atoms with Gasteiger partial charge >= 0.3 is 0 Å². The van der Waals surface area contributed by atoms with Crippen LogP contribution in [-0.2, 0) is 9.84 Å². The molecule has 0 heterocycles. The van der Waals surface area contributed by atoms with E-state index >= 15 is 0 Å². The molecule has 1 fully saturated rings. The zero-order valence-electron chi connectivity index (χ0n) is 10.5. The number of hydrogen-bond donors (Lipinski definition) is 1. The molecule has 3 unspecified atom stereocenters. The predicted octanol–water partition coefficient (Wildman–Crippen LogP) is 2.11. The van der Waals surface area contributed by atoms with Crippen molar-refractivity contribution in [2.45, 2.75) is 62.9 Å². The predicted molar refractivity (Wildman–Crippen MR) is 68.1 cm³/mol. The van der Waals surface area contributed by atoms with Gasteiger partial charge in [0.05, 0.1) is 10.5 Å². The van der Waals surface area contributed by atoms with Gasteiger partial charge < -0.3 is 5.73 Å². The summed E-state index contributed by atoms with van der Waals surface area (Å²) in [6, 6.07) is 0. The molecule has 1 aliphatic rings. The molecule has 0 radical (unpaired) electrons.